The molecule has 0 radical (unpaired) electrons. The smallest absolute Gasteiger partial charge is 0.191 e. The van der Waals surface area contributed by atoms with Gasteiger partial charge in [0.05, 0.1) is 5.60 Å². The number of aryl methyl sites for hydroxylation is 1. The van der Waals surface area contributed by atoms with Crippen LogP contribution >= 0.6 is 11.3 Å². The molecule has 0 aromatic carbocycles. The molecule has 0 atom stereocenters. The van der Waals surface area contributed by atoms with Gasteiger partial charge in [-0.3, -0.25) is 0 Å². The van der Waals surface area contributed by atoms with Crippen molar-refractivity contribution < 1.29 is 5.11 Å². The zero-order chi connectivity index (χ0) is 20.4. The minimum absolute atomic E-state index is 0.436. The van der Waals surface area contributed by atoms with Crippen LogP contribution in [0.1, 0.15) is 56.1 Å². The van der Waals surface area contributed by atoms with Gasteiger partial charge >= 0.3 is 0 Å². The van der Waals surface area contributed by atoms with Crippen LogP contribution in [0.4, 0.5) is 0 Å². The largest absolute Gasteiger partial charge is 0.388 e. The van der Waals surface area contributed by atoms with Gasteiger partial charge in [0.1, 0.15) is 12.4 Å². The Bertz CT molecular complexity index is 719. The van der Waals surface area contributed by atoms with E-state index in [-0.39, 0.29) is 0 Å². The van der Waals surface area contributed by atoms with Crippen molar-refractivity contribution in [3.05, 3.63) is 34.0 Å². The molecule has 0 fully saturated rings. The van der Waals surface area contributed by atoms with Crippen molar-refractivity contribution in [1.29, 1.82) is 0 Å². The number of guanidine groups is 1. The van der Waals surface area contributed by atoms with Gasteiger partial charge in [-0.05, 0) is 37.6 Å². The zero-order valence-corrected chi connectivity index (χ0v) is 18.3. The lowest BCUT2D eigenvalue weighted by atomic mass is 9.93. The molecule has 8 heteroatoms. The first-order chi connectivity index (χ1) is 13.5. The highest BCUT2D eigenvalue weighted by Gasteiger charge is 2.25. The third kappa shape index (κ3) is 6.91. The molecule has 3 N–H and O–H groups in total. The molecule has 2 aromatic heterocycles. The van der Waals surface area contributed by atoms with E-state index in [0.717, 1.165) is 50.3 Å². The molecule has 7 nitrogen and oxygen atoms in total. The molecule has 0 bridgehead atoms. The van der Waals surface area contributed by atoms with Crippen LogP contribution < -0.4 is 10.6 Å². The van der Waals surface area contributed by atoms with E-state index in [9.17, 15) is 5.11 Å². The molecule has 0 saturated carbocycles. The third-order valence-electron chi connectivity index (χ3n) is 4.82. The van der Waals surface area contributed by atoms with Crippen molar-refractivity contribution in [3.63, 3.8) is 0 Å². The first-order valence-electron chi connectivity index (χ1n) is 10.1. The average molecular weight is 407 g/mol. The van der Waals surface area contributed by atoms with Gasteiger partial charge in [-0.25, -0.2) is 4.99 Å². The number of nitrogens with one attached hydrogen (secondary N) is 2. The molecule has 156 valence electrons. The van der Waals surface area contributed by atoms with Crippen LogP contribution in [0.3, 0.4) is 0 Å². The number of thiophene rings is 1. The first-order valence-corrected chi connectivity index (χ1v) is 11.0. The lowest BCUT2D eigenvalue weighted by Gasteiger charge is -2.28. The predicted octanol–water partition coefficient (Wildman–Crippen LogP) is 2.79. The number of aliphatic hydroxyl groups is 1. The van der Waals surface area contributed by atoms with E-state index < -0.39 is 5.60 Å². The van der Waals surface area contributed by atoms with E-state index in [1.807, 2.05) is 18.5 Å². The maximum atomic E-state index is 10.9. The van der Waals surface area contributed by atoms with Crippen molar-refractivity contribution in [2.75, 3.05) is 13.1 Å². The second-order valence-electron chi connectivity index (χ2n) is 7.22. The normalized spacial score (nSPS) is 12.4. The summed E-state index contributed by atoms with van der Waals surface area (Å²) in [5, 5.41) is 28.0. The third-order valence-corrected chi connectivity index (χ3v) is 5.76. The van der Waals surface area contributed by atoms with Crippen LogP contribution in [0.5, 0.6) is 0 Å². The molecule has 0 saturated heterocycles. The lowest BCUT2D eigenvalue weighted by Crippen LogP contribution is -2.47. The van der Waals surface area contributed by atoms with Crippen LogP contribution in [0.25, 0.3) is 0 Å². The lowest BCUT2D eigenvalue weighted by molar-refractivity contribution is 0.0257. The van der Waals surface area contributed by atoms with Gasteiger partial charge in [0.15, 0.2) is 11.8 Å². The fourth-order valence-corrected chi connectivity index (χ4v) is 3.86. The molecule has 0 aliphatic carbocycles. The highest BCUT2D eigenvalue weighted by Crippen LogP contribution is 2.18. The molecule has 2 heterocycles. The topological polar surface area (TPSA) is 87.4 Å². The van der Waals surface area contributed by atoms with Gasteiger partial charge in [0.25, 0.3) is 0 Å². The molecular formula is C20H34N6OS. The number of hydrogen-bond donors (Lipinski definition) is 3. The Labute approximate surface area is 172 Å². The van der Waals surface area contributed by atoms with E-state index in [4.69, 9.17) is 0 Å². The summed E-state index contributed by atoms with van der Waals surface area (Å²) >= 11 is 1.76. The van der Waals surface area contributed by atoms with Crippen molar-refractivity contribution >= 4 is 17.3 Å². The molecule has 0 unspecified atom stereocenters. The van der Waals surface area contributed by atoms with Gasteiger partial charge in [-0.2, -0.15) is 0 Å². The molecule has 0 amide bonds. The van der Waals surface area contributed by atoms with E-state index in [2.05, 4.69) is 57.2 Å². The molecular weight excluding hydrogens is 372 g/mol. The molecule has 2 rings (SSSR count). The number of aliphatic imine (C=N–C) groups is 1. The number of aromatic nitrogens is 3. The quantitative estimate of drug-likeness (QED) is 0.395. The van der Waals surface area contributed by atoms with E-state index >= 15 is 0 Å². The van der Waals surface area contributed by atoms with Gasteiger partial charge in [0.2, 0.25) is 0 Å². The summed E-state index contributed by atoms with van der Waals surface area (Å²) in [7, 11) is 1.94. The second kappa shape index (κ2) is 11.2. The maximum Gasteiger partial charge on any atom is 0.191 e. The van der Waals surface area contributed by atoms with Crippen molar-refractivity contribution in [2.24, 2.45) is 12.0 Å². The predicted molar refractivity (Wildman–Crippen MR) is 116 cm³/mol. The SMILES string of the molecule is CCCC(O)(CCC)CNC(=NCc1nnc(C)n1C)NCCc1cccs1. The van der Waals surface area contributed by atoms with E-state index in [1.165, 1.54) is 4.88 Å². The minimum Gasteiger partial charge on any atom is -0.388 e. The molecule has 0 spiro atoms. The van der Waals surface area contributed by atoms with Crippen LogP contribution in [0.2, 0.25) is 0 Å². The summed E-state index contributed by atoms with van der Waals surface area (Å²) in [4.78, 5) is 6.01. The van der Waals surface area contributed by atoms with Crippen molar-refractivity contribution in [1.82, 2.24) is 25.4 Å². The van der Waals surface area contributed by atoms with Crippen LogP contribution in [-0.2, 0) is 20.0 Å². The summed E-state index contributed by atoms with van der Waals surface area (Å²) < 4.78 is 1.94. The second-order valence-corrected chi connectivity index (χ2v) is 8.25. The van der Waals surface area contributed by atoms with Crippen molar-refractivity contribution in [3.8, 4) is 0 Å². The Kier molecular flexibility index (Phi) is 8.92. The van der Waals surface area contributed by atoms with Crippen LogP contribution in [0, 0.1) is 6.92 Å². The number of rotatable bonds is 11. The molecule has 28 heavy (non-hydrogen) atoms. The monoisotopic (exact) mass is 406 g/mol. The van der Waals surface area contributed by atoms with Gasteiger partial charge in [0, 0.05) is 25.0 Å². The first kappa shape index (κ1) is 22.4. The van der Waals surface area contributed by atoms with Gasteiger partial charge in [-0.15, -0.1) is 21.5 Å². The zero-order valence-electron chi connectivity index (χ0n) is 17.5. The van der Waals surface area contributed by atoms with Crippen LogP contribution in [-0.4, -0.2) is 44.5 Å². The molecule has 0 aliphatic rings. The fourth-order valence-electron chi connectivity index (χ4n) is 3.15. The highest BCUT2D eigenvalue weighted by molar-refractivity contribution is 7.09. The number of nitrogens with zero attached hydrogens (tertiary/aromatic N) is 4. The van der Waals surface area contributed by atoms with Gasteiger partial charge in [-0.1, -0.05) is 32.8 Å². The Balaban J connectivity index is 2.01. The Morgan fingerprint density at radius 1 is 1.25 bits per heavy atom. The summed E-state index contributed by atoms with van der Waals surface area (Å²) in [5.41, 5.74) is -0.707. The van der Waals surface area contributed by atoms with Gasteiger partial charge < -0.3 is 20.3 Å². The Morgan fingerprint density at radius 3 is 2.57 bits per heavy atom. The summed E-state index contributed by atoms with van der Waals surface area (Å²) in [6.07, 6.45) is 4.40. The standard InChI is InChI=1S/C20H34N6OS/c1-5-10-20(27,11-6-2)15-23-19(21-12-9-17-8-7-13-28-17)22-14-18-25-24-16(3)26(18)4/h7-8,13,27H,5-6,9-12,14-15H2,1-4H3,(H2,21,22,23). The number of hydrogen-bond acceptors (Lipinski definition) is 5. The highest BCUT2D eigenvalue weighted by atomic mass is 32.1. The summed E-state index contributed by atoms with van der Waals surface area (Å²) in [6.45, 7) is 7.83. The maximum absolute atomic E-state index is 10.9. The fraction of sp³-hybridized carbons (Fsp3) is 0.650. The van der Waals surface area contributed by atoms with E-state index in [0.29, 0.717) is 19.0 Å². The summed E-state index contributed by atoms with van der Waals surface area (Å²) in [6, 6.07) is 4.21. The Hall–Kier alpha value is -1.93. The van der Waals surface area contributed by atoms with E-state index in [1.54, 1.807) is 11.3 Å². The van der Waals surface area contributed by atoms with Crippen molar-refractivity contribution in [2.45, 2.75) is 65.0 Å². The molecule has 2 aromatic rings. The molecule has 0 aliphatic heterocycles. The average Bonchev–Trinajstić information content (AvgIpc) is 3.29. The van der Waals surface area contributed by atoms with Crippen LogP contribution in [0.15, 0.2) is 22.5 Å². The Morgan fingerprint density at radius 2 is 2.00 bits per heavy atom. The summed E-state index contributed by atoms with van der Waals surface area (Å²) in [5.74, 6) is 2.38. The minimum atomic E-state index is -0.707.